The summed E-state index contributed by atoms with van der Waals surface area (Å²) in [7, 11) is 1.48. The summed E-state index contributed by atoms with van der Waals surface area (Å²) < 4.78 is 5.53. The molecule has 0 amide bonds. The van der Waals surface area contributed by atoms with Crippen molar-refractivity contribution in [2.24, 2.45) is 5.16 Å². The Kier molecular flexibility index (Phi) is 3.92. The smallest absolute Gasteiger partial charge is 0.321 e. The lowest BCUT2D eigenvalue weighted by Gasteiger charge is -2.08. The summed E-state index contributed by atoms with van der Waals surface area (Å²) in [4.78, 5) is 12.7. The van der Waals surface area contributed by atoms with Crippen LogP contribution in [-0.2, 0) is 4.84 Å². The Labute approximate surface area is 110 Å². The van der Waals surface area contributed by atoms with Gasteiger partial charge in [-0.2, -0.15) is 0 Å². The van der Waals surface area contributed by atoms with E-state index in [1.54, 1.807) is 43.6 Å². The van der Waals surface area contributed by atoms with Gasteiger partial charge in [-0.05, 0) is 31.2 Å². The Balaban J connectivity index is 2.29. The molecule has 0 radical (unpaired) electrons. The highest BCUT2D eigenvalue weighted by molar-refractivity contribution is 6.03. The fourth-order valence-electron chi connectivity index (χ4n) is 1.54. The first-order valence-electron chi connectivity index (χ1n) is 5.63. The van der Waals surface area contributed by atoms with Crippen molar-refractivity contribution in [3.8, 4) is 11.8 Å². The summed E-state index contributed by atoms with van der Waals surface area (Å²) in [5.41, 5.74) is 7.90. The van der Waals surface area contributed by atoms with Gasteiger partial charge < -0.3 is 15.3 Å². The quantitative estimate of drug-likeness (QED) is 0.516. The number of nitrogens with two attached hydrogens (primary N) is 1. The number of nitrogens with zero attached hydrogens (tertiary/aromatic N) is 3. The number of ether oxygens (including phenoxy) is 1. The summed E-state index contributed by atoms with van der Waals surface area (Å²) in [6, 6.07) is 7.25. The van der Waals surface area contributed by atoms with Crippen LogP contribution in [0.4, 0.5) is 5.69 Å². The Bertz CT molecular complexity index is 584. The molecule has 2 N–H and O–H groups in total. The predicted octanol–water partition coefficient (Wildman–Crippen LogP) is 2.22. The minimum absolute atomic E-state index is 0.277. The van der Waals surface area contributed by atoms with Gasteiger partial charge in [0.1, 0.15) is 12.9 Å². The van der Waals surface area contributed by atoms with Crippen molar-refractivity contribution in [2.45, 2.75) is 6.92 Å². The van der Waals surface area contributed by atoms with E-state index in [1.165, 1.54) is 7.11 Å². The molecule has 0 saturated heterocycles. The van der Waals surface area contributed by atoms with Crippen molar-refractivity contribution in [3.63, 3.8) is 0 Å². The lowest BCUT2D eigenvalue weighted by atomic mass is 10.1. The molecule has 1 aromatic heterocycles. The van der Waals surface area contributed by atoms with Crippen LogP contribution in [0.3, 0.4) is 0 Å². The van der Waals surface area contributed by atoms with E-state index in [9.17, 15) is 0 Å². The van der Waals surface area contributed by atoms with Crippen molar-refractivity contribution >= 4 is 11.4 Å². The average molecular weight is 258 g/mol. The van der Waals surface area contributed by atoms with Crippen LogP contribution in [0.5, 0.6) is 11.8 Å². The van der Waals surface area contributed by atoms with Crippen LogP contribution in [-0.4, -0.2) is 22.8 Å². The summed E-state index contributed by atoms with van der Waals surface area (Å²) >= 11 is 0. The number of aromatic nitrogens is 2. The molecular formula is C13H14N4O2. The number of nitrogen functional groups attached to an aromatic ring is 1. The molecule has 2 aromatic rings. The highest BCUT2D eigenvalue weighted by Crippen LogP contribution is 2.23. The number of rotatable bonds is 4. The largest absolute Gasteiger partial charge is 0.424 e. The topological polar surface area (TPSA) is 82.6 Å². The first-order valence-corrected chi connectivity index (χ1v) is 5.63. The molecular weight excluding hydrogens is 244 g/mol. The minimum Gasteiger partial charge on any atom is -0.424 e. The van der Waals surface area contributed by atoms with Crippen molar-refractivity contribution in [1.29, 1.82) is 0 Å². The SMILES string of the molecule is CON=C(C)c1cc(Oc2ncccn2)ccc1N. The standard InChI is InChI=1S/C13H14N4O2/c1-9(17-18-2)11-8-10(4-5-12(11)14)19-13-15-6-3-7-16-13/h3-8H,14H2,1-2H3. The third-order valence-electron chi connectivity index (χ3n) is 2.39. The second kappa shape index (κ2) is 5.81. The molecule has 0 aliphatic carbocycles. The normalized spacial score (nSPS) is 11.2. The molecule has 6 heteroatoms. The van der Waals surface area contributed by atoms with Gasteiger partial charge in [-0.1, -0.05) is 5.16 Å². The number of oxime groups is 1. The first-order chi connectivity index (χ1) is 9.20. The molecule has 0 bridgehead atoms. The van der Waals surface area contributed by atoms with Gasteiger partial charge in [-0.25, -0.2) is 9.97 Å². The Morgan fingerprint density at radius 3 is 2.68 bits per heavy atom. The fraction of sp³-hybridized carbons (Fsp3) is 0.154. The second-order valence-corrected chi connectivity index (χ2v) is 3.74. The Morgan fingerprint density at radius 2 is 2.00 bits per heavy atom. The van der Waals surface area contributed by atoms with E-state index < -0.39 is 0 Å². The summed E-state index contributed by atoms with van der Waals surface area (Å²) in [6.45, 7) is 1.80. The van der Waals surface area contributed by atoms with E-state index in [-0.39, 0.29) is 6.01 Å². The average Bonchev–Trinajstić information content (AvgIpc) is 2.42. The number of hydrogen-bond acceptors (Lipinski definition) is 6. The molecule has 1 heterocycles. The molecule has 0 fully saturated rings. The third kappa shape index (κ3) is 3.19. The van der Waals surface area contributed by atoms with Crippen LogP contribution < -0.4 is 10.5 Å². The molecule has 19 heavy (non-hydrogen) atoms. The van der Waals surface area contributed by atoms with Crippen LogP contribution in [0.15, 0.2) is 41.8 Å². The van der Waals surface area contributed by atoms with Crippen LogP contribution in [0.2, 0.25) is 0 Å². The highest BCUT2D eigenvalue weighted by Gasteiger charge is 2.07. The molecule has 0 unspecified atom stereocenters. The maximum Gasteiger partial charge on any atom is 0.321 e. The van der Waals surface area contributed by atoms with Crippen molar-refractivity contribution < 1.29 is 9.57 Å². The van der Waals surface area contributed by atoms with Crippen molar-refractivity contribution in [2.75, 3.05) is 12.8 Å². The van der Waals surface area contributed by atoms with Crippen LogP contribution >= 0.6 is 0 Å². The van der Waals surface area contributed by atoms with Gasteiger partial charge in [0.25, 0.3) is 0 Å². The van der Waals surface area contributed by atoms with E-state index in [4.69, 9.17) is 15.3 Å². The molecule has 98 valence electrons. The monoisotopic (exact) mass is 258 g/mol. The zero-order chi connectivity index (χ0) is 13.7. The third-order valence-corrected chi connectivity index (χ3v) is 2.39. The zero-order valence-electron chi connectivity index (χ0n) is 10.7. The molecule has 0 aliphatic rings. The Morgan fingerprint density at radius 1 is 1.26 bits per heavy atom. The molecule has 0 atom stereocenters. The number of benzene rings is 1. The van der Waals surface area contributed by atoms with Crippen LogP contribution in [0, 0.1) is 0 Å². The van der Waals surface area contributed by atoms with E-state index in [1.807, 2.05) is 0 Å². The second-order valence-electron chi connectivity index (χ2n) is 3.74. The van der Waals surface area contributed by atoms with E-state index >= 15 is 0 Å². The molecule has 0 spiro atoms. The fourth-order valence-corrected chi connectivity index (χ4v) is 1.54. The van der Waals surface area contributed by atoms with Crippen LogP contribution in [0.1, 0.15) is 12.5 Å². The van der Waals surface area contributed by atoms with E-state index in [0.29, 0.717) is 17.1 Å². The van der Waals surface area contributed by atoms with Gasteiger partial charge in [0, 0.05) is 23.6 Å². The maximum absolute atomic E-state index is 5.89. The van der Waals surface area contributed by atoms with Gasteiger partial charge in [-0.3, -0.25) is 0 Å². The molecule has 2 rings (SSSR count). The zero-order valence-corrected chi connectivity index (χ0v) is 10.7. The van der Waals surface area contributed by atoms with Gasteiger partial charge >= 0.3 is 6.01 Å². The van der Waals surface area contributed by atoms with Crippen LogP contribution in [0.25, 0.3) is 0 Å². The highest BCUT2D eigenvalue weighted by atomic mass is 16.6. The molecule has 6 nitrogen and oxygen atoms in total. The molecule has 1 aromatic carbocycles. The summed E-state index contributed by atoms with van der Waals surface area (Å²) in [5.74, 6) is 0.584. The van der Waals surface area contributed by atoms with E-state index in [0.717, 1.165) is 5.56 Å². The molecule has 0 aliphatic heterocycles. The van der Waals surface area contributed by atoms with Gasteiger partial charge in [0.05, 0.1) is 5.71 Å². The van der Waals surface area contributed by atoms with Gasteiger partial charge in [0.15, 0.2) is 0 Å². The summed E-state index contributed by atoms with van der Waals surface area (Å²) in [6.07, 6.45) is 3.22. The van der Waals surface area contributed by atoms with Gasteiger partial charge in [-0.15, -0.1) is 0 Å². The predicted molar refractivity (Wildman–Crippen MR) is 72.2 cm³/mol. The summed E-state index contributed by atoms with van der Waals surface area (Å²) in [5, 5.41) is 3.85. The molecule has 0 saturated carbocycles. The maximum atomic E-state index is 5.89. The number of hydrogen-bond donors (Lipinski definition) is 1. The first kappa shape index (κ1) is 12.8. The minimum atomic E-state index is 0.277. The van der Waals surface area contributed by atoms with E-state index in [2.05, 4.69) is 15.1 Å². The van der Waals surface area contributed by atoms with Gasteiger partial charge in [0.2, 0.25) is 0 Å². The Hall–Kier alpha value is -2.63. The lowest BCUT2D eigenvalue weighted by molar-refractivity contribution is 0.213. The lowest BCUT2D eigenvalue weighted by Crippen LogP contribution is -2.02. The van der Waals surface area contributed by atoms with Crippen molar-refractivity contribution in [3.05, 3.63) is 42.2 Å². The number of anilines is 1. The van der Waals surface area contributed by atoms with Crippen molar-refractivity contribution in [1.82, 2.24) is 9.97 Å².